The molecule has 1 rings (SSSR count). The monoisotopic (exact) mass is 268 g/mol. The van der Waals surface area contributed by atoms with E-state index >= 15 is 0 Å². The molecule has 100 valence electrons. The molecule has 0 radical (unpaired) electrons. The Morgan fingerprint density at radius 1 is 1.26 bits per heavy atom. The third-order valence-electron chi connectivity index (χ3n) is 2.68. The van der Waals surface area contributed by atoms with Gasteiger partial charge in [0, 0.05) is 12.8 Å². The van der Waals surface area contributed by atoms with Crippen molar-refractivity contribution in [1.29, 1.82) is 10.5 Å². The molecule has 0 spiro atoms. The Morgan fingerprint density at radius 3 is 2.32 bits per heavy atom. The zero-order chi connectivity index (χ0) is 14.5. The van der Waals surface area contributed by atoms with Gasteiger partial charge >= 0.3 is 6.08 Å². The van der Waals surface area contributed by atoms with Gasteiger partial charge in [0.2, 0.25) is 0 Å². The smallest absolute Gasteiger partial charge is 0.301 e. The number of furan rings is 1. The molecule has 0 fully saturated rings. The lowest BCUT2D eigenvalue weighted by Crippen LogP contribution is -2.19. The molecule has 0 saturated carbocycles. The van der Waals surface area contributed by atoms with Crippen molar-refractivity contribution in [3.63, 3.8) is 0 Å². The maximum atomic E-state index is 12.8. The maximum absolute atomic E-state index is 12.8. The van der Waals surface area contributed by atoms with E-state index in [0.717, 1.165) is 0 Å². The molecule has 0 aliphatic carbocycles. The van der Waals surface area contributed by atoms with Gasteiger partial charge in [-0.3, -0.25) is 0 Å². The molecule has 3 nitrogen and oxygen atoms in total. The van der Waals surface area contributed by atoms with Crippen molar-refractivity contribution in [2.24, 2.45) is 5.41 Å². The fraction of sp³-hybridized carbons (Fsp3) is 0.385. The highest BCUT2D eigenvalue weighted by Gasteiger charge is 2.32. The van der Waals surface area contributed by atoms with Crippen LogP contribution in [-0.4, -0.2) is 0 Å². The number of nitriles is 2. The van der Waals surface area contributed by atoms with E-state index in [-0.39, 0.29) is 12.8 Å². The Labute approximate surface area is 108 Å². The summed E-state index contributed by atoms with van der Waals surface area (Å²) in [5, 5.41) is 18.1. The number of halogens is 3. The molecule has 1 heterocycles. The number of allylic oxidation sites excluding steroid dienone is 1. The Morgan fingerprint density at radius 2 is 1.89 bits per heavy atom. The molecule has 0 atom stereocenters. The number of aryl methyl sites for hydroxylation is 1. The summed E-state index contributed by atoms with van der Waals surface area (Å²) in [6.45, 7) is 1.70. The zero-order valence-electron chi connectivity index (χ0n) is 10.2. The fourth-order valence-electron chi connectivity index (χ4n) is 1.60. The Kier molecular flexibility index (Phi) is 4.77. The van der Waals surface area contributed by atoms with Crippen LogP contribution >= 0.6 is 0 Å². The largest absolute Gasteiger partial charge is 0.466 e. The Hall–Kier alpha value is -2.21. The number of rotatable bonds is 5. The Bertz CT molecular complexity index is 545. The lowest BCUT2D eigenvalue weighted by Gasteiger charge is -2.16. The second-order valence-electron chi connectivity index (χ2n) is 4.16. The van der Waals surface area contributed by atoms with Crippen molar-refractivity contribution in [2.75, 3.05) is 0 Å². The molecule has 0 N–H and O–H groups in total. The third kappa shape index (κ3) is 3.89. The van der Waals surface area contributed by atoms with Crippen molar-refractivity contribution in [3.05, 3.63) is 35.6 Å². The fourth-order valence-corrected chi connectivity index (χ4v) is 1.60. The van der Waals surface area contributed by atoms with Crippen molar-refractivity contribution < 1.29 is 17.6 Å². The molecule has 1 aromatic heterocycles. The van der Waals surface area contributed by atoms with E-state index in [0.29, 0.717) is 11.5 Å². The molecule has 0 aliphatic rings. The summed E-state index contributed by atoms with van der Waals surface area (Å²) in [5.74, 6) is -0.586. The molecule has 0 saturated heterocycles. The van der Waals surface area contributed by atoms with E-state index in [9.17, 15) is 13.2 Å². The van der Waals surface area contributed by atoms with Gasteiger partial charge in [0.05, 0.1) is 12.1 Å². The van der Waals surface area contributed by atoms with Gasteiger partial charge in [0.15, 0.2) is 11.2 Å². The van der Waals surface area contributed by atoms with Crippen LogP contribution in [0.4, 0.5) is 13.2 Å². The number of hydrogen-bond donors (Lipinski definition) is 0. The summed E-state index contributed by atoms with van der Waals surface area (Å²) in [6.07, 6.45) is -3.44. The summed E-state index contributed by atoms with van der Waals surface area (Å²) in [7, 11) is 0. The van der Waals surface area contributed by atoms with Gasteiger partial charge in [0.25, 0.3) is 0 Å². The van der Waals surface area contributed by atoms with Gasteiger partial charge in [-0.2, -0.15) is 19.3 Å². The predicted molar refractivity (Wildman–Crippen MR) is 60.4 cm³/mol. The molecular weight excluding hydrogens is 257 g/mol. The van der Waals surface area contributed by atoms with E-state index in [1.54, 1.807) is 31.2 Å². The topological polar surface area (TPSA) is 60.7 Å². The van der Waals surface area contributed by atoms with Crippen LogP contribution in [-0.2, 0) is 6.42 Å². The van der Waals surface area contributed by atoms with E-state index < -0.39 is 23.7 Å². The molecule has 0 amide bonds. The SMILES string of the molecule is Cc1ccc(CC(C#N)(C#N)CCC(F)=C(F)F)o1. The second-order valence-corrected chi connectivity index (χ2v) is 4.16. The van der Waals surface area contributed by atoms with Crippen molar-refractivity contribution in [1.82, 2.24) is 0 Å². The summed E-state index contributed by atoms with van der Waals surface area (Å²) >= 11 is 0. The van der Waals surface area contributed by atoms with E-state index in [4.69, 9.17) is 14.9 Å². The lowest BCUT2D eigenvalue weighted by atomic mass is 9.82. The molecule has 0 unspecified atom stereocenters. The van der Waals surface area contributed by atoms with Gasteiger partial charge < -0.3 is 4.42 Å². The first kappa shape index (κ1) is 14.8. The molecule has 1 aromatic rings. The van der Waals surface area contributed by atoms with E-state index in [1.165, 1.54) is 0 Å². The van der Waals surface area contributed by atoms with Crippen LogP contribution in [0.15, 0.2) is 28.5 Å². The highest BCUT2D eigenvalue weighted by atomic mass is 19.3. The van der Waals surface area contributed by atoms with Crippen LogP contribution < -0.4 is 0 Å². The molecule has 19 heavy (non-hydrogen) atoms. The summed E-state index contributed by atoms with van der Waals surface area (Å²) < 4.78 is 41.9. The lowest BCUT2D eigenvalue weighted by molar-refractivity contribution is 0.347. The number of nitrogens with zero attached hydrogens (tertiary/aromatic N) is 2. The van der Waals surface area contributed by atoms with Gasteiger partial charge in [-0.25, -0.2) is 4.39 Å². The zero-order valence-corrected chi connectivity index (χ0v) is 10.2. The minimum atomic E-state index is -2.42. The highest BCUT2D eigenvalue weighted by molar-refractivity contribution is 5.20. The predicted octanol–water partition coefficient (Wildman–Crippen LogP) is 4.02. The highest BCUT2D eigenvalue weighted by Crippen LogP contribution is 2.31. The average molecular weight is 268 g/mol. The first-order chi connectivity index (χ1) is 8.92. The van der Waals surface area contributed by atoms with Gasteiger partial charge in [-0.05, 0) is 25.5 Å². The van der Waals surface area contributed by atoms with Crippen molar-refractivity contribution in [2.45, 2.75) is 26.2 Å². The third-order valence-corrected chi connectivity index (χ3v) is 2.68. The van der Waals surface area contributed by atoms with Gasteiger partial charge in [0.1, 0.15) is 11.5 Å². The van der Waals surface area contributed by atoms with Crippen LogP contribution in [0.25, 0.3) is 0 Å². The number of hydrogen-bond acceptors (Lipinski definition) is 3. The van der Waals surface area contributed by atoms with Crippen LogP contribution in [0.3, 0.4) is 0 Å². The first-order valence-electron chi connectivity index (χ1n) is 5.50. The minimum Gasteiger partial charge on any atom is -0.466 e. The second kappa shape index (κ2) is 6.10. The summed E-state index contributed by atoms with van der Waals surface area (Å²) in [4.78, 5) is 0. The standard InChI is InChI=1S/C13H11F3N2O/c1-9-2-3-10(19-9)6-13(7-17,8-18)5-4-11(14)12(15)16/h2-3H,4-6H2,1H3. The Balaban J connectivity index is 2.84. The first-order valence-corrected chi connectivity index (χ1v) is 5.50. The molecular formula is C13H11F3N2O. The van der Waals surface area contributed by atoms with Gasteiger partial charge in [-0.15, -0.1) is 0 Å². The van der Waals surface area contributed by atoms with E-state index in [2.05, 4.69) is 0 Å². The molecule has 0 bridgehead atoms. The van der Waals surface area contributed by atoms with Crippen LogP contribution in [0.5, 0.6) is 0 Å². The molecule has 6 heteroatoms. The average Bonchev–Trinajstić information content (AvgIpc) is 2.79. The van der Waals surface area contributed by atoms with Crippen LogP contribution in [0, 0.1) is 35.0 Å². The molecule has 0 aromatic carbocycles. The van der Waals surface area contributed by atoms with Crippen LogP contribution in [0.2, 0.25) is 0 Å². The summed E-state index contributed by atoms with van der Waals surface area (Å²) in [5.41, 5.74) is -1.57. The summed E-state index contributed by atoms with van der Waals surface area (Å²) in [6, 6.07) is 6.79. The van der Waals surface area contributed by atoms with Gasteiger partial charge in [-0.1, -0.05) is 0 Å². The quantitative estimate of drug-likeness (QED) is 0.810. The minimum absolute atomic E-state index is 0.0605. The van der Waals surface area contributed by atoms with Crippen molar-refractivity contribution >= 4 is 0 Å². The van der Waals surface area contributed by atoms with E-state index in [1.807, 2.05) is 0 Å². The normalized spacial score (nSPS) is 10.6. The van der Waals surface area contributed by atoms with Crippen LogP contribution in [0.1, 0.15) is 24.4 Å². The van der Waals surface area contributed by atoms with Crippen molar-refractivity contribution in [3.8, 4) is 12.1 Å². The molecule has 0 aliphatic heterocycles. The maximum Gasteiger partial charge on any atom is 0.301 e.